The minimum atomic E-state index is -0.346. The molecule has 0 fully saturated rings. The number of H-pyrrole nitrogens is 1. The van der Waals surface area contributed by atoms with Crippen molar-refractivity contribution in [3.63, 3.8) is 0 Å². The number of aromatic nitrogens is 2. The lowest BCUT2D eigenvalue weighted by atomic mass is 10.1. The molecule has 0 aliphatic rings. The third-order valence-corrected chi connectivity index (χ3v) is 4.64. The van der Waals surface area contributed by atoms with Gasteiger partial charge in [-0.15, -0.1) is 0 Å². The van der Waals surface area contributed by atoms with Gasteiger partial charge in [0.2, 0.25) is 0 Å². The van der Waals surface area contributed by atoms with Crippen molar-refractivity contribution in [3.05, 3.63) is 83.4 Å². The summed E-state index contributed by atoms with van der Waals surface area (Å²) in [6.07, 6.45) is 0. The minimum Gasteiger partial charge on any atom is -0.489 e. The van der Waals surface area contributed by atoms with E-state index in [2.05, 4.69) is 20.8 Å². The Kier molecular flexibility index (Phi) is 5.16. The molecule has 0 aliphatic heterocycles. The van der Waals surface area contributed by atoms with E-state index in [9.17, 15) is 4.79 Å². The Bertz CT molecular complexity index is 1150. The maximum absolute atomic E-state index is 12.4. The van der Waals surface area contributed by atoms with Gasteiger partial charge in [-0.1, -0.05) is 48.0 Å². The van der Waals surface area contributed by atoms with Crippen molar-refractivity contribution in [2.24, 2.45) is 0 Å². The first-order valence-electron chi connectivity index (χ1n) is 9.38. The first-order valence-corrected chi connectivity index (χ1v) is 9.38. The Morgan fingerprint density at radius 3 is 2.62 bits per heavy atom. The normalized spacial score (nSPS) is 10.7. The predicted molar refractivity (Wildman–Crippen MR) is 115 cm³/mol. The largest absolute Gasteiger partial charge is 0.489 e. The van der Waals surface area contributed by atoms with E-state index in [0.29, 0.717) is 18.2 Å². The van der Waals surface area contributed by atoms with Gasteiger partial charge in [-0.2, -0.15) is 5.10 Å². The predicted octanol–water partition coefficient (Wildman–Crippen LogP) is 5.40. The second-order valence-electron chi connectivity index (χ2n) is 6.95. The summed E-state index contributed by atoms with van der Waals surface area (Å²) in [5.41, 5.74) is 4.82. The number of fused-ring (bicyclic) bond motifs is 1. The third-order valence-electron chi connectivity index (χ3n) is 4.64. The van der Waals surface area contributed by atoms with Gasteiger partial charge in [0.05, 0.1) is 5.52 Å². The molecule has 6 nitrogen and oxygen atoms in total. The zero-order chi connectivity index (χ0) is 20.2. The fourth-order valence-electron chi connectivity index (χ4n) is 3.13. The summed E-state index contributed by atoms with van der Waals surface area (Å²) in [4.78, 5) is 12.4. The van der Waals surface area contributed by atoms with Crippen LogP contribution >= 0.6 is 0 Å². The number of aryl methyl sites for hydroxylation is 2. The highest BCUT2D eigenvalue weighted by Gasteiger charge is 2.11. The van der Waals surface area contributed by atoms with Gasteiger partial charge >= 0.3 is 6.03 Å². The van der Waals surface area contributed by atoms with E-state index in [1.54, 1.807) is 0 Å². The van der Waals surface area contributed by atoms with Crippen molar-refractivity contribution < 1.29 is 9.53 Å². The number of hydrogen-bond donors (Lipinski definition) is 3. The summed E-state index contributed by atoms with van der Waals surface area (Å²) in [6.45, 7) is 4.45. The molecule has 1 heterocycles. The van der Waals surface area contributed by atoms with E-state index < -0.39 is 0 Å². The number of rotatable bonds is 5. The van der Waals surface area contributed by atoms with Crippen molar-refractivity contribution in [1.29, 1.82) is 0 Å². The number of hydrogen-bond acceptors (Lipinski definition) is 3. The summed E-state index contributed by atoms with van der Waals surface area (Å²) in [5, 5.41) is 13.6. The molecule has 0 saturated carbocycles. The molecule has 0 radical (unpaired) electrons. The van der Waals surface area contributed by atoms with Crippen LogP contribution in [0.5, 0.6) is 5.75 Å². The summed E-state index contributed by atoms with van der Waals surface area (Å²) in [7, 11) is 0. The first kappa shape index (κ1) is 18.6. The van der Waals surface area contributed by atoms with Crippen LogP contribution in [0.15, 0.2) is 66.7 Å². The SMILES string of the molecule is Cc1ccc(NC(=O)Nc2n[nH]c3ccc(OCc4ccccc4)cc23)c(C)c1. The van der Waals surface area contributed by atoms with Crippen LogP contribution in [0.3, 0.4) is 0 Å². The van der Waals surface area contributed by atoms with Gasteiger partial charge in [0.25, 0.3) is 0 Å². The van der Waals surface area contributed by atoms with Crippen LogP contribution in [-0.4, -0.2) is 16.2 Å². The van der Waals surface area contributed by atoms with Crippen molar-refractivity contribution in [3.8, 4) is 5.75 Å². The second-order valence-corrected chi connectivity index (χ2v) is 6.95. The Hall–Kier alpha value is -3.80. The highest BCUT2D eigenvalue weighted by atomic mass is 16.5. The van der Waals surface area contributed by atoms with Crippen LogP contribution < -0.4 is 15.4 Å². The zero-order valence-electron chi connectivity index (χ0n) is 16.3. The van der Waals surface area contributed by atoms with Crippen molar-refractivity contribution in [2.75, 3.05) is 10.6 Å². The van der Waals surface area contributed by atoms with E-state index in [1.165, 1.54) is 0 Å². The molecule has 3 N–H and O–H groups in total. The molecule has 4 rings (SSSR count). The fourth-order valence-corrected chi connectivity index (χ4v) is 3.13. The molecule has 3 aromatic carbocycles. The lowest BCUT2D eigenvalue weighted by molar-refractivity contribution is 0.262. The van der Waals surface area contributed by atoms with E-state index in [0.717, 1.165) is 33.3 Å². The molecule has 29 heavy (non-hydrogen) atoms. The van der Waals surface area contributed by atoms with Crippen LogP contribution in [0, 0.1) is 13.8 Å². The lowest BCUT2D eigenvalue weighted by Gasteiger charge is -2.10. The highest BCUT2D eigenvalue weighted by Crippen LogP contribution is 2.26. The molecule has 0 atom stereocenters. The molecule has 0 saturated heterocycles. The average Bonchev–Trinajstić information content (AvgIpc) is 3.11. The standard InChI is InChI=1S/C23H22N4O2/c1-15-8-10-20(16(2)12-15)24-23(28)25-22-19-13-18(9-11-21(19)26-27-22)29-14-17-6-4-3-5-7-17/h3-13H,14H2,1-2H3,(H3,24,25,26,27,28). The quantitative estimate of drug-likeness (QED) is 0.429. The van der Waals surface area contributed by atoms with Crippen LogP contribution in [0.4, 0.5) is 16.3 Å². The van der Waals surface area contributed by atoms with Crippen LogP contribution in [-0.2, 0) is 6.61 Å². The Morgan fingerprint density at radius 1 is 1.00 bits per heavy atom. The van der Waals surface area contributed by atoms with E-state index in [-0.39, 0.29) is 6.03 Å². The topological polar surface area (TPSA) is 79.0 Å². The summed E-state index contributed by atoms with van der Waals surface area (Å²) in [5.74, 6) is 1.16. The monoisotopic (exact) mass is 386 g/mol. The number of benzene rings is 3. The van der Waals surface area contributed by atoms with Crippen LogP contribution in [0.25, 0.3) is 10.9 Å². The molecule has 6 heteroatoms. The Balaban J connectivity index is 1.47. The first-order chi connectivity index (χ1) is 14.1. The molecule has 0 aliphatic carbocycles. The molecule has 146 valence electrons. The molecule has 0 unspecified atom stereocenters. The number of anilines is 2. The summed E-state index contributed by atoms with van der Waals surface area (Å²) < 4.78 is 5.88. The number of nitrogens with zero attached hydrogens (tertiary/aromatic N) is 1. The van der Waals surface area contributed by atoms with Crippen LogP contribution in [0.2, 0.25) is 0 Å². The number of ether oxygens (including phenoxy) is 1. The molecule has 1 aromatic heterocycles. The summed E-state index contributed by atoms with van der Waals surface area (Å²) in [6, 6.07) is 21.1. The zero-order valence-corrected chi connectivity index (χ0v) is 16.3. The summed E-state index contributed by atoms with van der Waals surface area (Å²) >= 11 is 0. The van der Waals surface area contributed by atoms with Gasteiger partial charge in [0.1, 0.15) is 12.4 Å². The maximum atomic E-state index is 12.4. The van der Waals surface area contributed by atoms with E-state index >= 15 is 0 Å². The molecule has 0 spiro atoms. The molecular formula is C23H22N4O2. The second kappa shape index (κ2) is 8.06. The van der Waals surface area contributed by atoms with Gasteiger partial charge < -0.3 is 10.1 Å². The minimum absolute atomic E-state index is 0.346. The number of carbonyl (C=O) groups excluding carboxylic acids is 1. The van der Waals surface area contributed by atoms with Gasteiger partial charge in [0, 0.05) is 11.1 Å². The molecular weight excluding hydrogens is 364 g/mol. The van der Waals surface area contributed by atoms with E-state index in [1.807, 2.05) is 80.6 Å². The number of nitrogens with one attached hydrogen (secondary N) is 3. The smallest absolute Gasteiger partial charge is 0.324 e. The van der Waals surface area contributed by atoms with Gasteiger partial charge in [-0.25, -0.2) is 4.79 Å². The molecule has 4 aromatic rings. The van der Waals surface area contributed by atoms with Crippen molar-refractivity contribution in [2.45, 2.75) is 20.5 Å². The number of aromatic amines is 1. The molecule has 2 amide bonds. The average molecular weight is 386 g/mol. The van der Waals surface area contributed by atoms with Crippen LogP contribution in [0.1, 0.15) is 16.7 Å². The van der Waals surface area contributed by atoms with Gasteiger partial charge in [0.15, 0.2) is 5.82 Å². The Labute approximate surface area is 168 Å². The molecule has 0 bridgehead atoms. The van der Waals surface area contributed by atoms with Gasteiger partial charge in [-0.05, 0) is 49.2 Å². The maximum Gasteiger partial charge on any atom is 0.324 e. The van der Waals surface area contributed by atoms with Gasteiger partial charge in [-0.3, -0.25) is 10.4 Å². The Morgan fingerprint density at radius 2 is 1.83 bits per heavy atom. The van der Waals surface area contributed by atoms with E-state index in [4.69, 9.17) is 4.74 Å². The number of urea groups is 1. The third kappa shape index (κ3) is 4.38. The fraction of sp³-hybridized carbons (Fsp3) is 0.130. The highest BCUT2D eigenvalue weighted by molar-refractivity contribution is 6.05. The van der Waals surface area contributed by atoms with Crippen molar-refractivity contribution in [1.82, 2.24) is 10.2 Å². The number of amides is 2. The lowest BCUT2D eigenvalue weighted by Crippen LogP contribution is -2.20. The van der Waals surface area contributed by atoms with Crippen molar-refractivity contribution >= 4 is 28.4 Å². The number of carbonyl (C=O) groups is 1.